The number of hydrogen-bond donors (Lipinski definition) is 4. The van der Waals surface area contributed by atoms with E-state index in [2.05, 4.69) is 10.3 Å². The van der Waals surface area contributed by atoms with E-state index >= 15 is 0 Å². The van der Waals surface area contributed by atoms with Crippen LogP contribution in [-0.2, 0) is 4.79 Å². The Hall–Kier alpha value is -3.03. The summed E-state index contributed by atoms with van der Waals surface area (Å²) in [4.78, 5) is 37.6. The summed E-state index contributed by atoms with van der Waals surface area (Å²) in [6, 6.07) is 3.57. The molecule has 0 bridgehead atoms. The largest absolute Gasteiger partial charge is 0.506 e. The minimum atomic E-state index is -1.25. The van der Waals surface area contributed by atoms with E-state index in [1.165, 1.54) is 6.92 Å². The van der Waals surface area contributed by atoms with Gasteiger partial charge in [-0.3, -0.25) is 14.4 Å². The van der Waals surface area contributed by atoms with Crippen molar-refractivity contribution in [1.29, 1.82) is 0 Å². The molecule has 0 radical (unpaired) electrons. The van der Waals surface area contributed by atoms with Gasteiger partial charge in [-0.05, 0) is 37.8 Å². The third kappa shape index (κ3) is 3.57. The van der Waals surface area contributed by atoms with Crippen LogP contribution in [0.5, 0.6) is 11.5 Å². The van der Waals surface area contributed by atoms with Crippen LogP contribution in [0.25, 0.3) is 10.9 Å². The van der Waals surface area contributed by atoms with E-state index in [0.717, 1.165) is 12.8 Å². The van der Waals surface area contributed by atoms with Crippen molar-refractivity contribution >= 4 is 22.8 Å². The number of ether oxygens (including phenoxy) is 1. The van der Waals surface area contributed by atoms with Gasteiger partial charge in [0.1, 0.15) is 23.1 Å². The van der Waals surface area contributed by atoms with Crippen LogP contribution in [0.4, 0.5) is 0 Å². The van der Waals surface area contributed by atoms with Crippen LogP contribution in [0, 0.1) is 5.92 Å². The summed E-state index contributed by atoms with van der Waals surface area (Å²) in [5.74, 6) is -1.56. The Morgan fingerprint density at radius 2 is 2.12 bits per heavy atom. The topological polar surface area (TPSA) is 129 Å². The predicted molar refractivity (Wildman–Crippen MR) is 89.0 cm³/mol. The molecule has 0 saturated heterocycles. The molecular formula is C17H18N2O6. The number of carbonyl (C=O) groups is 2. The molecule has 3 rings (SSSR count). The third-order valence-corrected chi connectivity index (χ3v) is 4.09. The lowest BCUT2D eigenvalue weighted by Gasteiger charge is -2.12. The first kappa shape index (κ1) is 16.8. The molecule has 1 saturated carbocycles. The Morgan fingerprint density at radius 1 is 1.40 bits per heavy atom. The Bertz CT molecular complexity index is 900. The van der Waals surface area contributed by atoms with Crippen molar-refractivity contribution in [1.82, 2.24) is 10.3 Å². The number of H-pyrrole nitrogens is 1. The number of nitrogens with one attached hydrogen (secondary N) is 2. The van der Waals surface area contributed by atoms with Gasteiger partial charge in [-0.25, -0.2) is 0 Å². The van der Waals surface area contributed by atoms with Crippen LogP contribution in [0.15, 0.2) is 23.0 Å². The highest BCUT2D eigenvalue weighted by Gasteiger charge is 2.24. The lowest BCUT2D eigenvalue weighted by Crippen LogP contribution is -2.40. The number of aliphatic carboxylic acids is 1. The smallest absolute Gasteiger partial charge is 0.325 e. The number of benzene rings is 1. The SMILES string of the molecule is C[C@H](NC(=O)c1c(O)c2ccc(OCC3CC3)cc2[nH]c1=O)C(=O)O. The molecular weight excluding hydrogens is 328 g/mol. The lowest BCUT2D eigenvalue weighted by molar-refractivity contribution is -0.138. The highest BCUT2D eigenvalue weighted by molar-refractivity contribution is 6.03. The van der Waals surface area contributed by atoms with E-state index in [4.69, 9.17) is 9.84 Å². The summed E-state index contributed by atoms with van der Waals surface area (Å²) >= 11 is 0. The molecule has 1 aliphatic carbocycles. The summed E-state index contributed by atoms with van der Waals surface area (Å²) in [7, 11) is 0. The molecule has 8 heteroatoms. The van der Waals surface area contributed by atoms with Gasteiger partial charge in [0.05, 0.1) is 12.1 Å². The number of aromatic hydroxyl groups is 1. The molecule has 25 heavy (non-hydrogen) atoms. The second-order valence-electron chi connectivity index (χ2n) is 6.17. The second kappa shape index (κ2) is 6.46. The molecule has 1 aromatic heterocycles. The molecule has 1 fully saturated rings. The van der Waals surface area contributed by atoms with Crippen LogP contribution >= 0.6 is 0 Å². The van der Waals surface area contributed by atoms with Gasteiger partial charge in [-0.15, -0.1) is 0 Å². The molecule has 4 N–H and O–H groups in total. The molecule has 0 aliphatic heterocycles. The van der Waals surface area contributed by atoms with Gasteiger partial charge < -0.3 is 25.3 Å². The van der Waals surface area contributed by atoms with E-state index in [1.807, 2.05) is 0 Å². The molecule has 1 aromatic carbocycles. The normalized spacial score (nSPS) is 14.9. The van der Waals surface area contributed by atoms with Crippen molar-refractivity contribution in [3.8, 4) is 11.5 Å². The minimum Gasteiger partial charge on any atom is -0.506 e. The third-order valence-electron chi connectivity index (χ3n) is 4.09. The zero-order valence-corrected chi connectivity index (χ0v) is 13.5. The van der Waals surface area contributed by atoms with Crippen LogP contribution < -0.4 is 15.6 Å². The number of hydrogen-bond acceptors (Lipinski definition) is 5. The maximum Gasteiger partial charge on any atom is 0.325 e. The molecule has 0 unspecified atom stereocenters. The Kier molecular flexibility index (Phi) is 4.35. The molecule has 8 nitrogen and oxygen atoms in total. The number of carboxylic acids is 1. The first-order chi connectivity index (χ1) is 11.9. The average Bonchev–Trinajstić information content (AvgIpc) is 3.36. The van der Waals surface area contributed by atoms with Crippen LogP contribution in [0.3, 0.4) is 0 Å². The molecule has 1 aliphatic rings. The minimum absolute atomic E-state index is 0.270. The number of pyridine rings is 1. The monoisotopic (exact) mass is 346 g/mol. The van der Waals surface area contributed by atoms with Crippen molar-refractivity contribution in [2.24, 2.45) is 5.92 Å². The molecule has 1 amide bonds. The number of amides is 1. The van der Waals surface area contributed by atoms with Crippen molar-refractivity contribution in [2.45, 2.75) is 25.8 Å². The maximum atomic E-state index is 12.2. The first-order valence-electron chi connectivity index (χ1n) is 7.92. The molecule has 0 spiro atoms. The Labute approximate surface area is 142 Å². The van der Waals surface area contributed by atoms with Crippen LogP contribution in [-0.4, -0.2) is 39.7 Å². The number of carboxylic acid groups (broad SMARTS) is 1. The van der Waals surface area contributed by atoms with E-state index in [0.29, 0.717) is 23.8 Å². The molecule has 1 atom stereocenters. The van der Waals surface area contributed by atoms with Crippen LogP contribution in [0.2, 0.25) is 0 Å². The molecule has 132 valence electrons. The highest BCUT2D eigenvalue weighted by Crippen LogP contribution is 2.31. The standard InChI is InChI=1S/C17H18N2O6/c1-8(17(23)24)18-15(21)13-14(20)11-5-4-10(25-7-9-2-3-9)6-12(11)19-16(13)22/h4-6,8-9H,2-3,7H2,1H3,(H,18,21)(H,23,24)(H2,19,20,22)/t8-/m0/s1. The number of aromatic amines is 1. The summed E-state index contributed by atoms with van der Waals surface area (Å²) < 4.78 is 5.63. The molecule has 2 aromatic rings. The van der Waals surface area contributed by atoms with Gasteiger partial charge in [-0.1, -0.05) is 0 Å². The van der Waals surface area contributed by atoms with Crippen molar-refractivity contribution in [3.63, 3.8) is 0 Å². The number of carbonyl (C=O) groups excluding carboxylic acids is 1. The van der Waals surface area contributed by atoms with Gasteiger partial charge in [0.25, 0.3) is 11.5 Å². The number of fused-ring (bicyclic) bond motifs is 1. The highest BCUT2D eigenvalue weighted by atomic mass is 16.5. The average molecular weight is 346 g/mol. The number of aromatic nitrogens is 1. The zero-order chi connectivity index (χ0) is 18.1. The van der Waals surface area contributed by atoms with Crippen molar-refractivity contribution < 1.29 is 24.5 Å². The summed E-state index contributed by atoms with van der Waals surface area (Å²) in [5.41, 5.74) is -0.995. The fourth-order valence-corrected chi connectivity index (χ4v) is 2.39. The number of rotatable bonds is 6. The fourth-order valence-electron chi connectivity index (χ4n) is 2.39. The van der Waals surface area contributed by atoms with Crippen LogP contribution in [0.1, 0.15) is 30.1 Å². The van der Waals surface area contributed by atoms with Gasteiger partial charge in [0.15, 0.2) is 0 Å². The Morgan fingerprint density at radius 3 is 2.76 bits per heavy atom. The summed E-state index contributed by atoms with van der Waals surface area (Å²) in [6.07, 6.45) is 2.30. The zero-order valence-electron chi connectivity index (χ0n) is 13.5. The van der Waals surface area contributed by atoms with Gasteiger partial charge in [-0.2, -0.15) is 0 Å². The quantitative estimate of drug-likeness (QED) is 0.622. The van der Waals surface area contributed by atoms with E-state index < -0.39 is 34.8 Å². The molecule has 1 heterocycles. The van der Waals surface area contributed by atoms with E-state index in [9.17, 15) is 19.5 Å². The Balaban J connectivity index is 1.92. The van der Waals surface area contributed by atoms with Gasteiger partial charge in [0.2, 0.25) is 0 Å². The maximum absolute atomic E-state index is 12.2. The van der Waals surface area contributed by atoms with E-state index in [-0.39, 0.29) is 5.39 Å². The van der Waals surface area contributed by atoms with Crippen molar-refractivity contribution in [2.75, 3.05) is 6.61 Å². The fraction of sp³-hybridized carbons (Fsp3) is 0.353. The first-order valence-corrected chi connectivity index (χ1v) is 7.92. The van der Waals surface area contributed by atoms with Gasteiger partial charge in [0, 0.05) is 11.5 Å². The summed E-state index contributed by atoms with van der Waals surface area (Å²) in [5, 5.41) is 21.6. The lowest BCUT2D eigenvalue weighted by atomic mass is 10.1. The second-order valence-corrected chi connectivity index (χ2v) is 6.17. The van der Waals surface area contributed by atoms with Gasteiger partial charge >= 0.3 is 5.97 Å². The summed E-state index contributed by atoms with van der Waals surface area (Å²) in [6.45, 7) is 1.87. The predicted octanol–water partition coefficient (Wildman–Crippen LogP) is 1.23. The van der Waals surface area contributed by atoms with E-state index in [1.54, 1.807) is 18.2 Å². The van der Waals surface area contributed by atoms with Crippen molar-refractivity contribution in [3.05, 3.63) is 34.1 Å².